The maximum absolute atomic E-state index is 11.2. The molecule has 1 amide bonds. The first-order valence-corrected chi connectivity index (χ1v) is 5.85. The molecular weight excluding hydrogens is 252 g/mol. The Balaban J connectivity index is 2.26. The van der Waals surface area contributed by atoms with Crippen LogP contribution in [0.1, 0.15) is 11.1 Å². The number of nitro groups is 1. The van der Waals surface area contributed by atoms with Crippen LogP contribution in [0.2, 0.25) is 0 Å². The lowest BCUT2D eigenvalue weighted by Crippen LogP contribution is -2.51. The standard InChI is InChI=1S/C12H14N2O5/c15-11(7-14(18)19)10-5-8-3-1-2-4-9(8)6-13(10)12(16)17/h1-4,10-11,15H,5-7H2,(H,16,17)/t10-,11+/m0/s1. The predicted octanol–water partition coefficient (Wildman–Crippen LogP) is 0.729. The van der Waals surface area contributed by atoms with Gasteiger partial charge in [-0.2, -0.15) is 0 Å². The minimum absolute atomic E-state index is 0.144. The van der Waals surface area contributed by atoms with Gasteiger partial charge < -0.3 is 10.2 Å². The number of aliphatic hydroxyl groups excluding tert-OH is 1. The summed E-state index contributed by atoms with van der Waals surface area (Å²) in [5.41, 5.74) is 1.79. The molecule has 19 heavy (non-hydrogen) atoms. The number of rotatable bonds is 3. The Kier molecular flexibility index (Phi) is 3.66. The van der Waals surface area contributed by atoms with E-state index in [0.29, 0.717) is 0 Å². The number of amides is 1. The zero-order valence-electron chi connectivity index (χ0n) is 10.1. The van der Waals surface area contributed by atoms with Gasteiger partial charge in [-0.15, -0.1) is 0 Å². The lowest BCUT2D eigenvalue weighted by atomic mass is 9.91. The van der Waals surface area contributed by atoms with E-state index >= 15 is 0 Å². The van der Waals surface area contributed by atoms with Crippen LogP contribution >= 0.6 is 0 Å². The number of fused-ring (bicyclic) bond motifs is 1. The van der Waals surface area contributed by atoms with Crippen LogP contribution in [0.15, 0.2) is 24.3 Å². The second kappa shape index (κ2) is 5.23. The molecule has 1 aromatic rings. The summed E-state index contributed by atoms with van der Waals surface area (Å²) >= 11 is 0. The zero-order chi connectivity index (χ0) is 14.0. The van der Waals surface area contributed by atoms with Gasteiger partial charge in [-0.05, 0) is 17.5 Å². The van der Waals surface area contributed by atoms with Crippen molar-refractivity contribution in [2.75, 3.05) is 6.54 Å². The van der Waals surface area contributed by atoms with Gasteiger partial charge in [-0.3, -0.25) is 15.0 Å². The number of aliphatic hydroxyl groups is 1. The molecule has 7 nitrogen and oxygen atoms in total. The first kappa shape index (κ1) is 13.3. The zero-order valence-corrected chi connectivity index (χ0v) is 10.1. The fourth-order valence-electron chi connectivity index (χ4n) is 2.37. The van der Waals surface area contributed by atoms with Crippen molar-refractivity contribution >= 4 is 6.09 Å². The van der Waals surface area contributed by atoms with Gasteiger partial charge in [-0.25, -0.2) is 4.79 Å². The molecule has 0 spiro atoms. The van der Waals surface area contributed by atoms with Crippen LogP contribution in [0, 0.1) is 10.1 Å². The van der Waals surface area contributed by atoms with Crippen molar-refractivity contribution in [3.05, 3.63) is 45.5 Å². The average Bonchev–Trinajstić information content (AvgIpc) is 2.36. The highest BCUT2D eigenvalue weighted by Crippen LogP contribution is 2.25. The summed E-state index contributed by atoms with van der Waals surface area (Å²) in [6.45, 7) is -0.512. The minimum atomic E-state index is -1.31. The van der Waals surface area contributed by atoms with Gasteiger partial charge in [0.1, 0.15) is 6.10 Å². The second-order valence-corrected chi connectivity index (χ2v) is 4.53. The molecule has 0 saturated carbocycles. The van der Waals surface area contributed by atoms with Crippen molar-refractivity contribution < 1.29 is 19.9 Å². The normalized spacial score (nSPS) is 19.6. The van der Waals surface area contributed by atoms with Gasteiger partial charge in [0.05, 0.1) is 6.04 Å². The summed E-state index contributed by atoms with van der Waals surface area (Å²) < 4.78 is 0. The molecule has 1 aliphatic heterocycles. The van der Waals surface area contributed by atoms with Gasteiger partial charge in [0.15, 0.2) is 0 Å². The van der Waals surface area contributed by atoms with Crippen molar-refractivity contribution in [2.24, 2.45) is 0 Å². The number of carbonyl (C=O) groups is 1. The molecule has 1 heterocycles. The summed E-state index contributed by atoms with van der Waals surface area (Å²) in [4.78, 5) is 22.1. The molecule has 0 radical (unpaired) electrons. The molecule has 0 saturated heterocycles. The van der Waals surface area contributed by atoms with Gasteiger partial charge in [0.25, 0.3) is 0 Å². The van der Waals surface area contributed by atoms with Gasteiger partial charge >= 0.3 is 6.09 Å². The number of benzene rings is 1. The molecule has 1 aliphatic rings. The smallest absolute Gasteiger partial charge is 0.407 e. The molecule has 0 fully saturated rings. The SMILES string of the molecule is O=C(O)N1Cc2ccccc2C[C@H]1[C@H](O)C[N+](=O)[O-]. The van der Waals surface area contributed by atoms with Crippen molar-refractivity contribution in [1.29, 1.82) is 0 Å². The highest BCUT2D eigenvalue weighted by atomic mass is 16.6. The van der Waals surface area contributed by atoms with Gasteiger partial charge in [0.2, 0.25) is 6.54 Å². The largest absolute Gasteiger partial charge is 0.465 e. The third-order valence-electron chi connectivity index (χ3n) is 3.31. The number of hydrogen-bond acceptors (Lipinski definition) is 4. The molecule has 2 N–H and O–H groups in total. The second-order valence-electron chi connectivity index (χ2n) is 4.53. The van der Waals surface area contributed by atoms with Crippen LogP contribution < -0.4 is 0 Å². The van der Waals surface area contributed by atoms with E-state index in [1.807, 2.05) is 24.3 Å². The molecule has 102 valence electrons. The predicted molar refractivity (Wildman–Crippen MR) is 65.4 cm³/mol. The van der Waals surface area contributed by atoms with Crippen LogP contribution in [0.5, 0.6) is 0 Å². The molecule has 7 heteroatoms. The van der Waals surface area contributed by atoms with E-state index in [1.165, 1.54) is 0 Å². The highest BCUT2D eigenvalue weighted by molar-refractivity contribution is 5.66. The van der Waals surface area contributed by atoms with Crippen LogP contribution in [0.3, 0.4) is 0 Å². The summed E-state index contributed by atoms with van der Waals surface area (Å²) in [6.07, 6.45) is -2.20. The Morgan fingerprint density at radius 1 is 1.47 bits per heavy atom. The van der Waals surface area contributed by atoms with Crippen LogP contribution in [-0.4, -0.2) is 44.8 Å². The molecule has 1 aromatic carbocycles. The monoisotopic (exact) mass is 266 g/mol. The quantitative estimate of drug-likeness (QED) is 0.620. The Labute approximate surface area is 109 Å². The molecular formula is C12H14N2O5. The maximum Gasteiger partial charge on any atom is 0.407 e. The van der Waals surface area contributed by atoms with E-state index < -0.39 is 29.7 Å². The molecule has 0 aromatic heterocycles. The van der Waals surface area contributed by atoms with E-state index in [2.05, 4.69) is 0 Å². The van der Waals surface area contributed by atoms with Crippen LogP contribution in [0.4, 0.5) is 4.79 Å². The lowest BCUT2D eigenvalue weighted by molar-refractivity contribution is -0.491. The van der Waals surface area contributed by atoms with E-state index in [-0.39, 0.29) is 13.0 Å². The molecule has 2 atom stereocenters. The molecule has 0 unspecified atom stereocenters. The number of hydrogen-bond donors (Lipinski definition) is 2. The van der Waals surface area contributed by atoms with Crippen LogP contribution in [0.25, 0.3) is 0 Å². The maximum atomic E-state index is 11.2. The summed E-state index contributed by atoms with van der Waals surface area (Å²) in [7, 11) is 0. The third-order valence-corrected chi connectivity index (χ3v) is 3.31. The van der Waals surface area contributed by atoms with E-state index in [0.717, 1.165) is 16.0 Å². The Hall–Kier alpha value is -2.15. The first-order valence-electron chi connectivity index (χ1n) is 5.85. The summed E-state index contributed by atoms with van der Waals surface area (Å²) in [5, 5.41) is 29.5. The topological polar surface area (TPSA) is 104 Å². The van der Waals surface area contributed by atoms with Crippen molar-refractivity contribution in [3.63, 3.8) is 0 Å². The highest BCUT2D eigenvalue weighted by Gasteiger charge is 2.36. The van der Waals surface area contributed by atoms with Crippen molar-refractivity contribution in [1.82, 2.24) is 4.90 Å². The van der Waals surface area contributed by atoms with E-state index in [1.54, 1.807) is 0 Å². The molecule has 0 bridgehead atoms. The lowest BCUT2D eigenvalue weighted by Gasteiger charge is -2.36. The van der Waals surface area contributed by atoms with Gasteiger partial charge in [-0.1, -0.05) is 24.3 Å². The third kappa shape index (κ3) is 2.82. The fourth-order valence-corrected chi connectivity index (χ4v) is 2.37. The van der Waals surface area contributed by atoms with Gasteiger partial charge in [0, 0.05) is 11.5 Å². The number of nitrogens with zero attached hydrogens (tertiary/aromatic N) is 2. The Morgan fingerprint density at radius 3 is 2.68 bits per heavy atom. The van der Waals surface area contributed by atoms with Crippen molar-refractivity contribution in [2.45, 2.75) is 25.1 Å². The van der Waals surface area contributed by atoms with Crippen molar-refractivity contribution in [3.8, 4) is 0 Å². The summed E-state index contributed by atoms with van der Waals surface area (Å²) in [6, 6.07) is 6.53. The minimum Gasteiger partial charge on any atom is -0.465 e. The Morgan fingerprint density at radius 2 is 2.11 bits per heavy atom. The number of carboxylic acid groups (broad SMARTS) is 1. The van der Waals surface area contributed by atoms with E-state index in [9.17, 15) is 20.0 Å². The van der Waals surface area contributed by atoms with Crippen LogP contribution in [-0.2, 0) is 13.0 Å². The Bertz CT molecular complexity index is 505. The fraction of sp³-hybridized carbons (Fsp3) is 0.417. The molecule has 0 aliphatic carbocycles. The molecule has 2 rings (SSSR count). The average molecular weight is 266 g/mol. The summed E-state index contributed by atoms with van der Waals surface area (Å²) in [5.74, 6) is 0. The van der Waals surface area contributed by atoms with E-state index in [4.69, 9.17) is 5.11 Å². The first-order chi connectivity index (χ1) is 8.99.